The van der Waals surface area contributed by atoms with Gasteiger partial charge in [0.15, 0.2) is 6.10 Å². The highest BCUT2D eigenvalue weighted by Gasteiger charge is 2.41. The molecule has 10 nitrogen and oxygen atoms in total. The maximum atomic E-state index is 13.2. The average Bonchev–Trinajstić information content (AvgIpc) is 2.70. The molecule has 1 aromatic rings. The van der Waals surface area contributed by atoms with Crippen LogP contribution in [0.4, 0.5) is 4.79 Å². The van der Waals surface area contributed by atoms with E-state index in [1.54, 1.807) is 58.0 Å². The summed E-state index contributed by atoms with van der Waals surface area (Å²) in [7, 11) is 0. The molecule has 0 aliphatic carbocycles. The zero-order valence-corrected chi connectivity index (χ0v) is 19.0. The minimum Gasteiger partial charge on any atom is -0.479 e. The summed E-state index contributed by atoms with van der Waals surface area (Å²) in [6, 6.07) is 6.91. The van der Waals surface area contributed by atoms with E-state index in [2.05, 4.69) is 0 Å². The van der Waals surface area contributed by atoms with E-state index in [1.165, 1.54) is 13.0 Å². The Kier molecular flexibility index (Phi) is 10.0. The van der Waals surface area contributed by atoms with E-state index >= 15 is 0 Å². The van der Waals surface area contributed by atoms with Gasteiger partial charge >= 0.3 is 12.1 Å². The van der Waals surface area contributed by atoms with Crippen molar-refractivity contribution in [2.24, 2.45) is 5.73 Å². The van der Waals surface area contributed by atoms with Gasteiger partial charge in [0.2, 0.25) is 0 Å². The Balaban J connectivity index is 3.24. The van der Waals surface area contributed by atoms with Gasteiger partial charge in [0.1, 0.15) is 11.6 Å². The monoisotopic (exact) mass is 449 g/mol. The number of allylic oxidation sites excluding steroid dienone is 1. The molecular weight excluding hydrogens is 418 g/mol. The summed E-state index contributed by atoms with van der Waals surface area (Å²) < 4.78 is 10.6. The number of aliphatic carboxylic acids is 1. The van der Waals surface area contributed by atoms with Crippen LogP contribution in [0.1, 0.15) is 40.2 Å². The Labute approximate surface area is 187 Å². The van der Waals surface area contributed by atoms with E-state index in [1.807, 2.05) is 0 Å². The van der Waals surface area contributed by atoms with Gasteiger partial charge in [-0.05, 0) is 40.2 Å². The second-order valence-corrected chi connectivity index (χ2v) is 7.77. The maximum Gasteiger partial charge on any atom is 0.436 e. The number of imide groups is 1. The van der Waals surface area contributed by atoms with Crippen LogP contribution < -0.4 is 5.73 Å². The summed E-state index contributed by atoms with van der Waals surface area (Å²) in [5.74, 6) is -3.33. The molecule has 1 rings (SSSR count). The van der Waals surface area contributed by atoms with Crippen molar-refractivity contribution < 1.29 is 33.8 Å². The van der Waals surface area contributed by atoms with Crippen molar-refractivity contribution in [3.63, 3.8) is 0 Å². The largest absolute Gasteiger partial charge is 0.479 e. The molecule has 0 aromatic heterocycles. The van der Waals surface area contributed by atoms with Crippen molar-refractivity contribution in [2.75, 3.05) is 6.54 Å². The third-order valence-electron chi connectivity index (χ3n) is 4.01. The molecule has 32 heavy (non-hydrogen) atoms. The van der Waals surface area contributed by atoms with Gasteiger partial charge in [-0.15, -0.1) is 5.01 Å². The lowest BCUT2D eigenvalue weighted by Crippen LogP contribution is -2.61. The van der Waals surface area contributed by atoms with Gasteiger partial charge in [0.05, 0.1) is 6.61 Å². The van der Waals surface area contributed by atoms with Crippen molar-refractivity contribution in [1.29, 1.82) is 0 Å². The standard InChI is InChI=1S/C22H31N3O7/c1-6-11-16(26)24(7-2)25(21(30)32-22(3,4)5)19(27)17(23)18(20(28)29)31-14-15-12-9-8-10-13-15/h6,8-13,17-18H,7,14,23H2,1-5H3,(H,28,29)/t17-,18?/m0/s1. The number of nitrogens with two attached hydrogens (primary N) is 1. The molecule has 0 radical (unpaired) electrons. The average molecular weight is 450 g/mol. The first kappa shape index (κ1) is 26.8. The Morgan fingerprint density at radius 2 is 1.75 bits per heavy atom. The number of benzene rings is 1. The van der Waals surface area contributed by atoms with Crippen LogP contribution in [0.2, 0.25) is 0 Å². The SMILES string of the molecule is CC=CC(=O)N(CC)N(C(=O)OC(C)(C)C)C(=O)[C@@H](N)C(OCc1ccccc1)C(=O)O. The first-order chi connectivity index (χ1) is 14.9. The minimum atomic E-state index is -1.80. The van der Waals surface area contributed by atoms with Gasteiger partial charge in [0.25, 0.3) is 11.8 Å². The van der Waals surface area contributed by atoms with Crippen LogP contribution in [0.25, 0.3) is 0 Å². The number of carboxylic acids is 1. The maximum absolute atomic E-state index is 13.2. The molecule has 3 N–H and O–H groups in total. The number of nitrogens with zero attached hydrogens (tertiary/aromatic N) is 2. The van der Waals surface area contributed by atoms with E-state index in [9.17, 15) is 24.3 Å². The number of likely N-dealkylation sites (N-methyl/N-ethyl adjacent to an activating group) is 1. The highest BCUT2D eigenvalue weighted by atomic mass is 16.6. The summed E-state index contributed by atoms with van der Waals surface area (Å²) in [6.45, 7) is 7.68. The van der Waals surface area contributed by atoms with E-state index in [-0.39, 0.29) is 13.2 Å². The van der Waals surface area contributed by atoms with Crippen LogP contribution >= 0.6 is 0 Å². The molecule has 0 aliphatic rings. The molecule has 0 saturated heterocycles. The number of hydrazine groups is 1. The zero-order chi connectivity index (χ0) is 24.5. The second kappa shape index (κ2) is 12.0. The molecule has 2 atom stereocenters. The number of amides is 3. The molecule has 0 bridgehead atoms. The Hall–Kier alpha value is -3.24. The Bertz CT molecular complexity index is 834. The fourth-order valence-electron chi connectivity index (χ4n) is 2.60. The summed E-state index contributed by atoms with van der Waals surface area (Å²) >= 11 is 0. The highest BCUT2D eigenvalue weighted by molar-refractivity contribution is 6.00. The van der Waals surface area contributed by atoms with Crippen LogP contribution in [0.5, 0.6) is 0 Å². The fourth-order valence-corrected chi connectivity index (χ4v) is 2.60. The lowest BCUT2D eigenvalue weighted by Gasteiger charge is -2.35. The molecule has 0 spiro atoms. The number of rotatable bonds is 8. The van der Waals surface area contributed by atoms with Gasteiger partial charge in [-0.2, -0.15) is 0 Å². The Morgan fingerprint density at radius 3 is 2.22 bits per heavy atom. The van der Waals surface area contributed by atoms with Crippen molar-refractivity contribution in [3.8, 4) is 0 Å². The first-order valence-electron chi connectivity index (χ1n) is 10.1. The topological polar surface area (TPSA) is 139 Å². The van der Waals surface area contributed by atoms with Crippen LogP contribution in [0, 0.1) is 0 Å². The van der Waals surface area contributed by atoms with E-state index in [0.29, 0.717) is 10.6 Å². The minimum absolute atomic E-state index is 0.0799. The lowest BCUT2D eigenvalue weighted by molar-refractivity contribution is -0.166. The molecule has 0 saturated carbocycles. The summed E-state index contributed by atoms with van der Waals surface area (Å²) in [5.41, 5.74) is 5.61. The van der Waals surface area contributed by atoms with Gasteiger partial charge in [-0.3, -0.25) is 9.59 Å². The number of hydrogen-bond acceptors (Lipinski definition) is 7. The smallest absolute Gasteiger partial charge is 0.436 e. The van der Waals surface area contributed by atoms with Crippen LogP contribution in [0.15, 0.2) is 42.5 Å². The summed E-state index contributed by atoms with van der Waals surface area (Å²) in [4.78, 5) is 50.2. The number of carbonyl (C=O) groups excluding carboxylic acids is 3. The van der Waals surface area contributed by atoms with Gasteiger partial charge in [-0.1, -0.05) is 36.4 Å². The number of carbonyl (C=O) groups is 4. The third-order valence-corrected chi connectivity index (χ3v) is 4.01. The predicted molar refractivity (Wildman–Crippen MR) is 116 cm³/mol. The summed E-state index contributed by atoms with van der Waals surface area (Å²) in [5, 5.41) is 10.8. The Morgan fingerprint density at radius 1 is 1.16 bits per heavy atom. The molecule has 1 aromatic carbocycles. The molecule has 0 fully saturated rings. The first-order valence-corrected chi connectivity index (χ1v) is 10.1. The fraction of sp³-hybridized carbons (Fsp3) is 0.455. The van der Waals surface area contributed by atoms with E-state index in [4.69, 9.17) is 15.2 Å². The van der Waals surface area contributed by atoms with Gasteiger partial charge in [-0.25, -0.2) is 14.6 Å². The van der Waals surface area contributed by atoms with Gasteiger partial charge < -0.3 is 20.3 Å². The molecule has 10 heteroatoms. The quantitative estimate of drug-likeness (QED) is 0.454. The van der Waals surface area contributed by atoms with Crippen LogP contribution in [0.3, 0.4) is 0 Å². The zero-order valence-electron chi connectivity index (χ0n) is 19.0. The molecule has 0 aliphatic heterocycles. The third kappa shape index (κ3) is 7.78. The summed E-state index contributed by atoms with van der Waals surface area (Å²) in [6.07, 6.45) is -0.348. The predicted octanol–water partition coefficient (Wildman–Crippen LogP) is 2.09. The van der Waals surface area contributed by atoms with Crippen molar-refractivity contribution >= 4 is 23.9 Å². The number of ether oxygens (including phenoxy) is 2. The van der Waals surface area contributed by atoms with Crippen molar-refractivity contribution in [3.05, 3.63) is 48.0 Å². The normalized spacial score (nSPS) is 13.3. The molecular formula is C22H31N3O7. The van der Waals surface area contributed by atoms with E-state index < -0.39 is 41.6 Å². The van der Waals surface area contributed by atoms with Crippen molar-refractivity contribution in [1.82, 2.24) is 10.0 Å². The highest BCUT2D eigenvalue weighted by Crippen LogP contribution is 2.16. The van der Waals surface area contributed by atoms with Gasteiger partial charge in [0, 0.05) is 12.6 Å². The van der Waals surface area contributed by atoms with E-state index in [0.717, 1.165) is 11.1 Å². The number of carboxylic acid groups (broad SMARTS) is 1. The molecule has 1 unspecified atom stereocenters. The van der Waals surface area contributed by atoms with Crippen LogP contribution in [-0.2, 0) is 30.5 Å². The second-order valence-electron chi connectivity index (χ2n) is 7.77. The molecule has 3 amide bonds. The molecule has 0 heterocycles. The van der Waals surface area contributed by atoms with Crippen molar-refractivity contribution in [2.45, 2.75) is 59.0 Å². The van der Waals surface area contributed by atoms with Crippen LogP contribution in [-0.4, -0.2) is 63.3 Å². The molecule has 176 valence electrons. The lowest BCUT2D eigenvalue weighted by atomic mass is 10.1. The number of hydrogen-bond donors (Lipinski definition) is 2.